The monoisotopic (exact) mass is 361 g/mol. The van der Waals surface area contributed by atoms with E-state index in [2.05, 4.69) is 20.4 Å². The van der Waals surface area contributed by atoms with Crippen LogP contribution in [0.25, 0.3) is 5.76 Å². The van der Waals surface area contributed by atoms with Gasteiger partial charge in [-0.1, -0.05) is 74.5 Å². The van der Waals surface area contributed by atoms with Gasteiger partial charge in [-0.15, -0.1) is 6.58 Å². The van der Waals surface area contributed by atoms with Crippen LogP contribution in [0, 0.1) is 0 Å². The Labute approximate surface area is 159 Å². The molecule has 0 spiro atoms. The highest BCUT2D eigenvalue weighted by molar-refractivity contribution is 6.46. The molecule has 1 aliphatic rings. The Morgan fingerprint density at radius 2 is 1.74 bits per heavy atom. The Hall–Kier alpha value is -3.14. The summed E-state index contributed by atoms with van der Waals surface area (Å²) in [5.74, 6) is -1.07. The lowest BCUT2D eigenvalue weighted by Crippen LogP contribution is -2.29. The van der Waals surface area contributed by atoms with E-state index in [4.69, 9.17) is 0 Å². The summed E-state index contributed by atoms with van der Waals surface area (Å²) in [5.41, 5.74) is 2.59. The molecule has 1 aliphatic heterocycles. The van der Waals surface area contributed by atoms with Gasteiger partial charge in [-0.05, 0) is 17.0 Å². The van der Waals surface area contributed by atoms with Gasteiger partial charge >= 0.3 is 0 Å². The summed E-state index contributed by atoms with van der Waals surface area (Å²) < 4.78 is 0. The van der Waals surface area contributed by atoms with E-state index in [1.165, 1.54) is 10.5 Å². The van der Waals surface area contributed by atoms with Crippen LogP contribution in [0.2, 0.25) is 0 Å². The van der Waals surface area contributed by atoms with Crippen LogP contribution in [-0.4, -0.2) is 28.2 Å². The number of ketones is 1. The average molecular weight is 361 g/mol. The molecule has 0 aromatic heterocycles. The molecule has 0 saturated carbocycles. The van der Waals surface area contributed by atoms with E-state index < -0.39 is 17.7 Å². The van der Waals surface area contributed by atoms with E-state index in [-0.39, 0.29) is 17.9 Å². The number of hydrogen-bond acceptors (Lipinski definition) is 3. The van der Waals surface area contributed by atoms with Crippen molar-refractivity contribution in [2.24, 2.45) is 0 Å². The van der Waals surface area contributed by atoms with Crippen molar-refractivity contribution in [2.45, 2.75) is 25.8 Å². The number of amides is 1. The van der Waals surface area contributed by atoms with Crippen molar-refractivity contribution < 1.29 is 14.7 Å². The van der Waals surface area contributed by atoms with Crippen LogP contribution in [0.1, 0.15) is 42.5 Å². The molecule has 3 rings (SSSR count). The van der Waals surface area contributed by atoms with Crippen LogP contribution in [0.3, 0.4) is 0 Å². The lowest BCUT2D eigenvalue weighted by Gasteiger charge is -2.24. The molecule has 1 fully saturated rings. The molecule has 4 nitrogen and oxygen atoms in total. The van der Waals surface area contributed by atoms with Gasteiger partial charge in [0, 0.05) is 12.1 Å². The van der Waals surface area contributed by atoms with E-state index in [0.717, 1.165) is 5.56 Å². The standard InChI is InChI=1S/C23H23NO3/c1-4-14-24-20(17-12-10-16(11-13-17)15(2)3)19(22(26)23(24)27)21(25)18-8-6-5-7-9-18/h4-13,15,20,25H,1,14H2,2-3H3. The predicted molar refractivity (Wildman–Crippen MR) is 106 cm³/mol. The second-order valence-electron chi connectivity index (χ2n) is 6.93. The van der Waals surface area contributed by atoms with Gasteiger partial charge in [0.25, 0.3) is 11.7 Å². The predicted octanol–water partition coefficient (Wildman–Crippen LogP) is 4.42. The number of hydrogen-bond donors (Lipinski definition) is 1. The Bertz CT molecular complexity index is 895. The third-order valence-corrected chi connectivity index (χ3v) is 4.83. The third kappa shape index (κ3) is 3.43. The van der Waals surface area contributed by atoms with Crippen LogP contribution in [0.5, 0.6) is 0 Å². The summed E-state index contributed by atoms with van der Waals surface area (Å²) in [6.45, 7) is 8.13. The van der Waals surface area contributed by atoms with Crippen molar-refractivity contribution >= 4 is 17.4 Å². The Kier molecular flexibility index (Phi) is 5.26. The molecule has 2 aromatic carbocycles. The molecule has 27 heavy (non-hydrogen) atoms. The second kappa shape index (κ2) is 7.62. The summed E-state index contributed by atoms with van der Waals surface area (Å²) in [5, 5.41) is 10.8. The molecule has 1 unspecified atom stereocenters. The SMILES string of the molecule is C=CCN1C(=O)C(=O)C(=C(O)c2ccccc2)C1c1ccc(C(C)C)cc1. The van der Waals surface area contributed by atoms with Crippen molar-refractivity contribution in [3.8, 4) is 0 Å². The van der Waals surface area contributed by atoms with E-state index in [1.807, 2.05) is 30.3 Å². The fourth-order valence-electron chi connectivity index (χ4n) is 3.37. The fraction of sp³-hybridized carbons (Fsp3) is 0.217. The first kappa shape index (κ1) is 18.6. The highest BCUT2D eigenvalue weighted by Crippen LogP contribution is 2.39. The first-order valence-electron chi connectivity index (χ1n) is 9.00. The van der Waals surface area contributed by atoms with Crippen LogP contribution >= 0.6 is 0 Å². The van der Waals surface area contributed by atoms with Crippen LogP contribution in [0.4, 0.5) is 0 Å². The highest BCUT2D eigenvalue weighted by atomic mass is 16.3. The number of carbonyl (C=O) groups excluding carboxylic acids is 2. The Morgan fingerprint density at radius 1 is 1.11 bits per heavy atom. The quantitative estimate of drug-likeness (QED) is 0.371. The number of Topliss-reactive ketones (excluding diaryl/α,β-unsaturated/α-hetero) is 1. The molecule has 1 amide bonds. The van der Waals surface area contributed by atoms with E-state index >= 15 is 0 Å². The molecule has 0 bridgehead atoms. The van der Waals surface area contributed by atoms with Gasteiger partial charge in [0.2, 0.25) is 0 Å². The van der Waals surface area contributed by atoms with Gasteiger partial charge in [-0.2, -0.15) is 0 Å². The molecular weight excluding hydrogens is 338 g/mol. The van der Waals surface area contributed by atoms with Crippen LogP contribution < -0.4 is 0 Å². The van der Waals surface area contributed by atoms with Gasteiger partial charge in [0.15, 0.2) is 0 Å². The average Bonchev–Trinajstić information content (AvgIpc) is 2.93. The van der Waals surface area contributed by atoms with Gasteiger partial charge < -0.3 is 10.0 Å². The summed E-state index contributed by atoms with van der Waals surface area (Å²) in [6, 6.07) is 16.0. The van der Waals surface area contributed by atoms with Gasteiger partial charge in [0.05, 0.1) is 11.6 Å². The minimum Gasteiger partial charge on any atom is -0.507 e. The molecule has 0 aliphatic carbocycles. The molecule has 4 heteroatoms. The molecule has 2 aromatic rings. The number of aliphatic hydroxyl groups excluding tert-OH is 1. The van der Waals surface area contributed by atoms with Gasteiger partial charge in [-0.25, -0.2) is 0 Å². The number of likely N-dealkylation sites (tertiary alicyclic amines) is 1. The molecule has 1 heterocycles. The van der Waals surface area contributed by atoms with Gasteiger partial charge in [0.1, 0.15) is 5.76 Å². The number of rotatable bonds is 5. The lowest BCUT2D eigenvalue weighted by molar-refractivity contribution is -0.139. The van der Waals surface area contributed by atoms with Crippen LogP contribution in [0.15, 0.2) is 72.8 Å². The van der Waals surface area contributed by atoms with Crippen LogP contribution in [-0.2, 0) is 9.59 Å². The minimum atomic E-state index is -0.670. The largest absolute Gasteiger partial charge is 0.507 e. The van der Waals surface area contributed by atoms with Crippen molar-refractivity contribution in [1.82, 2.24) is 4.90 Å². The maximum Gasteiger partial charge on any atom is 0.295 e. The zero-order valence-electron chi connectivity index (χ0n) is 15.6. The number of carbonyl (C=O) groups is 2. The van der Waals surface area contributed by atoms with Gasteiger partial charge in [-0.3, -0.25) is 9.59 Å². The van der Waals surface area contributed by atoms with E-state index in [0.29, 0.717) is 11.5 Å². The topological polar surface area (TPSA) is 57.6 Å². The third-order valence-electron chi connectivity index (χ3n) is 4.83. The smallest absolute Gasteiger partial charge is 0.295 e. The first-order chi connectivity index (χ1) is 13.0. The molecule has 0 radical (unpaired) electrons. The maximum atomic E-state index is 12.7. The fourth-order valence-corrected chi connectivity index (χ4v) is 3.37. The first-order valence-corrected chi connectivity index (χ1v) is 9.00. The Morgan fingerprint density at radius 3 is 2.30 bits per heavy atom. The summed E-state index contributed by atoms with van der Waals surface area (Å²) >= 11 is 0. The normalized spacial score (nSPS) is 18.9. The van der Waals surface area contributed by atoms with Crippen molar-refractivity contribution in [3.05, 3.63) is 89.5 Å². The summed E-state index contributed by atoms with van der Waals surface area (Å²) in [6.07, 6.45) is 1.59. The summed E-state index contributed by atoms with van der Waals surface area (Å²) in [4.78, 5) is 26.8. The number of aliphatic hydroxyl groups is 1. The molecule has 1 N–H and O–H groups in total. The number of benzene rings is 2. The van der Waals surface area contributed by atoms with Crippen molar-refractivity contribution in [1.29, 1.82) is 0 Å². The molecule has 138 valence electrons. The number of nitrogens with zero attached hydrogens (tertiary/aromatic N) is 1. The molecule has 1 saturated heterocycles. The molecular formula is C23H23NO3. The maximum absolute atomic E-state index is 12.7. The minimum absolute atomic E-state index is 0.116. The van der Waals surface area contributed by atoms with E-state index in [9.17, 15) is 14.7 Å². The van der Waals surface area contributed by atoms with Crippen molar-refractivity contribution in [3.63, 3.8) is 0 Å². The lowest BCUT2D eigenvalue weighted by atomic mass is 9.93. The van der Waals surface area contributed by atoms with E-state index in [1.54, 1.807) is 30.3 Å². The second-order valence-corrected chi connectivity index (χ2v) is 6.93. The zero-order valence-corrected chi connectivity index (χ0v) is 15.6. The molecule has 1 atom stereocenters. The summed E-state index contributed by atoms with van der Waals surface area (Å²) in [7, 11) is 0. The highest BCUT2D eigenvalue weighted by Gasteiger charge is 2.45. The zero-order chi connectivity index (χ0) is 19.6. The Balaban J connectivity index is 2.16. The van der Waals surface area contributed by atoms with Crippen molar-refractivity contribution in [2.75, 3.05) is 6.54 Å².